The number of guanidine groups is 1. The highest BCUT2D eigenvalue weighted by Crippen LogP contribution is 2.23. The molecule has 1 aromatic carbocycles. The minimum absolute atomic E-state index is 0. The molecule has 2 aliphatic rings. The van der Waals surface area contributed by atoms with Crippen LogP contribution in [0.3, 0.4) is 0 Å². The Kier molecular flexibility index (Phi) is 8.18. The van der Waals surface area contributed by atoms with Crippen LogP contribution in [0.15, 0.2) is 23.2 Å². The van der Waals surface area contributed by atoms with E-state index in [2.05, 4.69) is 38.7 Å². The van der Waals surface area contributed by atoms with Gasteiger partial charge >= 0.3 is 0 Å². The lowest BCUT2D eigenvalue weighted by Gasteiger charge is -2.34. The minimum Gasteiger partial charge on any atom is -0.359 e. The van der Waals surface area contributed by atoms with Crippen LogP contribution >= 0.6 is 24.0 Å². The Morgan fingerprint density at radius 2 is 1.96 bits per heavy atom. The van der Waals surface area contributed by atoms with Crippen molar-refractivity contribution in [2.75, 3.05) is 27.2 Å². The van der Waals surface area contributed by atoms with Gasteiger partial charge < -0.3 is 15.5 Å². The molecular weight excluding hydrogens is 439 g/mol. The molecule has 0 spiro atoms. The van der Waals surface area contributed by atoms with Crippen molar-refractivity contribution in [3.63, 3.8) is 0 Å². The minimum atomic E-state index is 0. The summed E-state index contributed by atoms with van der Waals surface area (Å²) in [5, 5.41) is 6.23. The summed E-state index contributed by atoms with van der Waals surface area (Å²) in [6, 6.07) is 6.87. The van der Waals surface area contributed by atoms with Gasteiger partial charge in [0, 0.05) is 40.2 Å². The standard InChI is InChI=1S/C20H30N4O.HI/c1-21-19(25)13-15-8-10-24(11-9-15)20(22-2)23-14-16-6-7-17-4-3-5-18(17)12-16;/h6-7,12,15H,3-5,8-11,13-14H2,1-2H3,(H,21,25)(H,22,23);1H. The van der Waals surface area contributed by atoms with Crippen molar-refractivity contribution in [2.24, 2.45) is 10.9 Å². The number of piperidine rings is 1. The van der Waals surface area contributed by atoms with Gasteiger partial charge in [0.2, 0.25) is 5.91 Å². The summed E-state index contributed by atoms with van der Waals surface area (Å²) in [4.78, 5) is 18.3. The molecule has 6 heteroatoms. The Morgan fingerprint density at radius 3 is 2.65 bits per heavy atom. The van der Waals surface area contributed by atoms with Crippen molar-refractivity contribution in [3.05, 3.63) is 34.9 Å². The fourth-order valence-corrected chi connectivity index (χ4v) is 3.96. The molecule has 0 atom stereocenters. The van der Waals surface area contributed by atoms with Gasteiger partial charge in [0.05, 0.1) is 0 Å². The zero-order chi connectivity index (χ0) is 17.6. The number of aliphatic imine (C=N–C) groups is 1. The summed E-state index contributed by atoms with van der Waals surface area (Å²) >= 11 is 0. The van der Waals surface area contributed by atoms with Gasteiger partial charge in [-0.3, -0.25) is 9.79 Å². The number of halogens is 1. The van der Waals surface area contributed by atoms with Crippen LogP contribution in [0.4, 0.5) is 0 Å². The summed E-state index contributed by atoms with van der Waals surface area (Å²) in [6.45, 7) is 2.75. The molecule has 26 heavy (non-hydrogen) atoms. The summed E-state index contributed by atoms with van der Waals surface area (Å²) < 4.78 is 0. The first-order valence-corrected chi connectivity index (χ1v) is 9.46. The van der Waals surface area contributed by atoms with E-state index in [-0.39, 0.29) is 29.9 Å². The van der Waals surface area contributed by atoms with Crippen LogP contribution in [-0.2, 0) is 24.2 Å². The molecule has 1 fully saturated rings. The van der Waals surface area contributed by atoms with Gasteiger partial charge in [-0.2, -0.15) is 0 Å². The molecule has 1 aromatic rings. The highest BCUT2D eigenvalue weighted by atomic mass is 127. The van der Waals surface area contributed by atoms with Crippen molar-refractivity contribution in [3.8, 4) is 0 Å². The topological polar surface area (TPSA) is 56.7 Å². The van der Waals surface area contributed by atoms with Crippen LogP contribution in [-0.4, -0.2) is 44.0 Å². The monoisotopic (exact) mass is 470 g/mol. The molecule has 0 unspecified atom stereocenters. The molecule has 144 valence electrons. The molecular formula is C20H31IN4O. The Bertz CT molecular complexity index is 639. The molecule has 1 saturated heterocycles. The number of rotatable bonds is 4. The number of amides is 1. The number of benzene rings is 1. The third-order valence-corrected chi connectivity index (χ3v) is 5.49. The van der Waals surface area contributed by atoms with E-state index in [1.807, 2.05) is 7.05 Å². The van der Waals surface area contributed by atoms with E-state index in [0.717, 1.165) is 38.4 Å². The third-order valence-electron chi connectivity index (χ3n) is 5.49. The largest absolute Gasteiger partial charge is 0.359 e. The maximum absolute atomic E-state index is 11.5. The Morgan fingerprint density at radius 1 is 1.23 bits per heavy atom. The summed E-state index contributed by atoms with van der Waals surface area (Å²) in [6.07, 6.45) is 6.48. The maximum atomic E-state index is 11.5. The number of aryl methyl sites for hydroxylation is 2. The van der Waals surface area contributed by atoms with Crippen LogP contribution in [0, 0.1) is 5.92 Å². The molecule has 1 aliphatic heterocycles. The first-order valence-electron chi connectivity index (χ1n) is 9.46. The molecule has 1 heterocycles. The van der Waals surface area contributed by atoms with Crippen LogP contribution in [0.2, 0.25) is 0 Å². The number of nitrogens with one attached hydrogen (secondary N) is 2. The van der Waals surface area contributed by atoms with Crippen LogP contribution in [0.5, 0.6) is 0 Å². The average molecular weight is 470 g/mol. The Balaban J connectivity index is 0.00000243. The Hall–Kier alpha value is -1.31. The molecule has 1 amide bonds. The van der Waals surface area contributed by atoms with Gasteiger partial charge in [0.1, 0.15) is 0 Å². The number of hydrogen-bond acceptors (Lipinski definition) is 2. The normalized spacial score (nSPS) is 17.5. The second-order valence-electron chi connectivity index (χ2n) is 7.17. The fraction of sp³-hybridized carbons (Fsp3) is 0.600. The maximum Gasteiger partial charge on any atom is 0.220 e. The van der Waals surface area contributed by atoms with E-state index in [4.69, 9.17) is 0 Å². The second kappa shape index (κ2) is 10.1. The highest BCUT2D eigenvalue weighted by molar-refractivity contribution is 14.0. The summed E-state index contributed by atoms with van der Waals surface area (Å²) in [5.41, 5.74) is 4.37. The van der Waals surface area contributed by atoms with Crippen LogP contribution in [0.25, 0.3) is 0 Å². The van der Waals surface area contributed by atoms with E-state index in [1.54, 1.807) is 7.05 Å². The van der Waals surface area contributed by atoms with E-state index in [0.29, 0.717) is 12.3 Å². The number of fused-ring (bicyclic) bond motifs is 1. The van der Waals surface area contributed by atoms with Gasteiger partial charge in [-0.15, -0.1) is 24.0 Å². The average Bonchev–Trinajstić information content (AvgIpc) is 3.11. The number of carbonyl (C=O) groups is 1. The highest BCUT2D eigenvalue weighted by Gasteiger charge is 2.23. The fourth-order valence-electron chi connectivity index (χ4n) is 3.96. The van der Waals surface area contributed by atoms with E-state index >= 15 is 0 Å². The van der Waals surface area contributed by atoms with Crippen molar-refractivity contribution in [1.29, 1.82) is 0 Å². The van der Waals surface area contributed by atoms with Gasteiger partial charge in [-0.05, 0) is 54.7 Å². The molecule has 0 radical (unpaired) electrons. The number of carbonyl (C=O) groups excluding carboxylic acids is 1. The van der Waals surface area contributed by atoms with Crippen molar-refractivity contribution in [2.45, 2.75) is 45.1 Å². The zero-order valence-corrected chi connectivity index (χ0v) is 18.2. The van der Waals surface area contributed by atoms with Gasteiger partial charge in [-0.1, -0.05) is 18.2 Å². The molecule has 0 aromatic heterocycles. The van der Waals surface area contributed by atoms with Crippen LogP contribution in [0.1, 0.15) is 42.4 Å². The van der Waals surface area contributed by atoms with Crippen molar-refractivity contribution < 1.29 is 4.79 Å². The summed E-state index contributed by atoms with van der Waals surface area (Å²) in [5.74, 6) is 1.61. The van der Waals surface area contributed by atoms with Crippen molar-refractivity contribution >= 4 is 35.8 Å². The smallest absolute Gasteiger partial charge is 0.220 e. The first-order chi connectivity index (χ1) is 12.2. The molecule has 0 saturated carbocycles. The molecule has 1 aliphatic carbocycles. The number of nitrogens with zero attached hydrogens (tertiary/aromatic N) is 2. The molecule has 0 bridgehead atoms. The molecule has 3 rings (SSSR count). The van der Waals surface area contributed by atoms with Crippen molar-refractivity contribution in [1.82, 2.24) is 15.5 Å². The van der Waals surface area contributed by atoms with Gasteiger partial charge in [0.25, 0.3) is 0 Å². The zero-order valence-electron chi connectivity index (χ0n) is 15.9. The first kappa shape index (κ1) is 21.0. The lowest BCUT2D eigenvalue weighted by Crippen LogP contribution is -2.45. The quantitative estimate of drug-likeness (QED) is 0.404. The van der Waals surface area contributed by atoms with E-state index < -0.39 is 0 Å². The lowest BCUT2D eigenvalue weighted by atomic mass is 9.93. The predicted octanol–water partition coefficient (Wildman–Crippen LogP) is 2.72. The number of hydrogen-bond donors (Lipinski definition) is 2. The SMILES string of the molecule is CN=C(NCc1ccc2c(c1)CCC2)N1CCC(CC(=O)NC)CC1.I. The number of likely N-dealkylation sites (tertiary alicyclic amines) is 1. The van der Waals surface area contributed by atoms with Gasteiger partial charge in [0.15, 0.2) is 5.96 Å². The summed E-state index contributed by atoms with van der Waals surface area (Å²) in [7, 11) is 3.56. The Labute approximate surface area is 174 Å². The molecule has 2 N–H and O–H groups in total. The third kappa shape index (κ3) is 5.34. The van der Waals surface area contributed by atoms with E-state index in [1.165, 1.54) is 36.0 Å². The second-order valence-corrected chi connectivity index (χ2v) is 7.17. The van der Waals surface area contributed by atoms with Crippen LogP contribution < -0.4 is 10.6 Å². The predicted molar refractivity (Wildman–Crippen MR) is 117 cm³/mol. The van der Waals surface area contributed by atoms with Gasteiger partial charge in [-0.25, -0.2) is 0 Å². The molecule has 5 nitrogen and oxygen atoms in total. The van der Waals surface area contributed by atoms with E-state index in [9.17, 15) is 4.79 Å². The lowest BCUT2D eigenvalue weighted by molar-refractivity contribution is -0.121.